The third kappa shape index (κ3) is 5.35. The second-order valence-electron chi connectivity index (χ2n) is 4.09. The molecule has 0 saturated heterocycles. The summed E-state index contributed by atoms with van der Waals surface area (Å²) in [7, 11) is 0. The average molecular weight is 293 g/mol. The predicted octanol–water partition coefficient (Wildman–Crippen LogP) is 0.909. The Hall–Kier alpha value is -2.83. The van der Waals surface area contributed by atoms with Crippen molar-refractivity contribution in [3.8, 4) is 5.75 Å². The van der Waals surface area contributed by atoms with Crippen LogP contribution in [0.25, 0.3) is 0 Å². The van der Waals surface area contributed by atoms with Crippen LogP contribution >= 0.6 is 0 Å². The Morgan fingerprint density at radius 2 is 1.86 bits per heavy atom. The molecule has 0 bridgehead atoms. The zero-order valence-electron chi connectivity index (χ0n) is 11.1. The van der Waals surface area contributed by atoms with Gasteiger partial charge in [-0.15, -0.1) is 0 Å². The first-order valence-electron chi connectivity index (χ1n) is 6.03. The molecule has 7 heteroatoms. The third-order valence-corrected chi connectivity index (χ3v) is 2.47. The van der Waals surface area contributed by atoms with Crippen LogP contribution in [0.3, 0.4) is 0 Å². The number of aliphatic carboxylic acids is 2. The number of hydrogen-bond acceptors (Lipinski definition) is 4. The topological polar surface area (TPSA) is 113 Å². The summed E-state index contributed by atoms with van der Waals surface area (Å²) in [6.07, 6.45) is 0.881. The van der Waals surface area contributed by atoms with Crippen molar-refractivity contribution in [3.05, 3.63) is 42.5 Å². The number of carboxylic acids is 2. The fourth-order valence-electron chi connectivity index (χ4n) is 1.47. The second-order valence-corrected chi connectivity index (χ2v) is 4.09. The van der Waals surface area contributed by atoms with Gasteiger partial charge in [-0.05, 0) is 24.3 Å². The Morgan fingerprint density at radius 3 is 2.33 bits per heavy atom. The summed E-state index contributed by atoms with van der Waals surface area (Å²) in [4.78, 5) is 33.2. The van der Waals surface area contributed by atoms with E-state index in [0.29, 0.717) is 12.4 Å². The average Bonchev–Trinajstić information content (AvgIpc) is 2.44. The van der Waals surface area contributed by atoms with E-state index in [-0.39, 0.29) is 5.56 Å². The predicted molar refractivity (Wildman–Crippen MR) is 73.3 cm³/mol. The normalized spacial score (nSPS) is 11.2. The van der Waals surface area contributed by atoms with E-state index in [1.54, 1.807) is 18.2 Å². The van der Waals surface area contributed by atoms with E-state index in [0.717, 1.165) is 0 Å². The highest BCUT2D eigenvalue weighted by Gasteiger charge is 2.23. The number of carbonyl (C=O) groups excluding carboxylic acids is 1. The van der Waals surface area contributed by atoms with Gasteiger partial charge in [-0.25, -0.2) is 4.79 Å². The van der Waals surface area contributed by atoms with Crippen LogP contribution in [0.4, 0.5) is 0 Å². The lowest BCUT2D eigenvalue weighted by Gasteiger charge is -2.12. The molecule has 0 fully saturated rings. The van der Waals surface area contributed by atoms with Gasteiger partial charge in [0.1, 0.15) is 18.4 Å². The lowest BCUT2D eigenvalue weighted by Crippen LogP contribution is -2.42. The van der Waals surface area contributed by atoms with Gasteiger partial charge in [0.25, 0.3) is 5.91 Å². The maximum atomic E-state index is 11.8. The van der Waals surface area contributed by atoms with Gasteiger partial charge in [-0.1, -0.05) is 12.7 Å². The van der Waals surface area contributed by atoms with E-state index in [2.05, 4.69) is 11.9 Å². The number of hydrogen-bond donors (Lipinski definition) is 3. The maximum Gasteiger partial charge on any atom is 0.326 e. The van der Waals surface area contributed by atoms with Crippen molar-refractivity contribution in [3.63, 3.8) is 0 Å². The van der Waals surface area contributed by atoms with Crippen molar-refractivity contribution in [2.24, 2.45) is 0 Å². The molecule has 0 aliphatic heterocycles. The molecule has 1 atom stereocenters. The molecule has 3 N–H and O–H groups in total. The summed E-state index contributed by atoms with van der Waals surface area (Å²) in [5.74, 6) is -2.85. The summed E-state index contributed by atoms with van der Waals surface area (Å²) in [6.45, 7) is 3.83. The van der Waals surface area contributed by atoms with E-state index in [9.17, 15) is 14.4 Å². The van der Waals surface area contributed by atoms with Gasteiger partial charge >= 0.3 is 11.9 Å². The summed E-state index contributed by atoms with van der Waals surface area (Å²) in [5.41, 5.74) is 0.206. The molecule has 0 radical (unpaired) electrons. The number of rotatable bonds is 8. The van der Waals surface area contributed by atoms with Gasteiger partial charge in [-0.2, -0.15) is 0 Å². The lowest BCUT2D eigenvalue weighted by molar-refractivity contribution is -0.145. The molecule has 0 aliphatic carbocycles. The number of ether oxygens (including phenoxy) is 1. The minimum atomic E-state index is -1.48. The Morgan fingerprint density at radius 1 is 1.24 bits per heavy atom. The largest absolute Gasteiger partial charge is 0.490 e. The number of carbonyl (C=O) groups is 3. The molecular formula is C14H15NO6. The molecule has 0 unspecified atom stereocenters. The summed E-state index contributed by atoms with van der Waals surface area (Å²) >= 11 is 0. The Balaban J connectivity index is 2.71. The van der Waals surface area contributed by atoms with Gasteiger partial charge in [0.05, 0.1) is 6.42 Å². The highest BCUT2D eigenvalue weighted by Crippen LogP contribution is 2.12. The SMILES string of the molecule is C=CCOc1ccc(C(=O)N[C@@H](CC(=O)O)C(=O)O)cc1. The molecule has 0 aliphatic rings. The third-order valence-electron chi connectivity index (χ3n) is 2.47. The Labute approximate surface area is 120 Å². The van der Waals surface area contributed by atoms with E-state index in [1.165, 1.54) is 12.1 Å². The molecule has 1 aromatic carbocycles. The van der Waals surface area contributed by atoms with Crippen molar-refractivity contribution in [1.82, 2.24) is 5.32 Å². The summed E-state index contributed by atoms with van der Waals surface area (Å²) < 4.78 is 5.24. The molecular weight excluding hydrogens is 278 g/mol. The van der Waals surface area contributed by atoms with E-state index in [1.807, 2.05) is 0 Å². The van der Waals surface area contributed by atoms with Crippen LogP contribution in [0.1, 0.15) is 16.8 Å². The first kappa shape index (κ1) is 16.2. The van der Waals surface area contributed by atoms with Crippen LogP contribution < -0.4 is 10.1 Å². The minimum Gasteiger partial charge on any atom is -0.490 e. The van der Waals surface area contributed by atoms with Gasteiger partial charge in [0, 0.05) is 5.56 Å². The minimum absolute atomic E-state index is 0.206. The van der Waals surface area contributed by atoms with Gasteiger partial charge in [0.15, 0.2) is 0 Å². The molecule has 0 aromatic heterocycles. The van der Waals surface area contributed by atoms with Crippen molar-refractivity contribution >= 4 is 17.8 Å². The first-order valence-corrected chi connectivity index (χ1v) is 6.03. The molecule has 0 spiro atoms. The molecule has 7 nitrogen and oxygen atoms in total. The fourth-order valence-corrected chi connectivity index (χ4v) is 1.47. The first-order chi connectivity index (χ1) is 9.93. The second kappa shape index (κ2) is 7.68. The molecule has 1 amide bonds. The molecule has 1 rings (SSSR count). The quantitative estimate of drug-likeness (QED) is 0.614. The van der Waals surface area contributed by atoms with Gasteiger partial charge in [0.2, 0.25) is 0 Å². The number of benzene rings is 1. The number of nitrogens with one attached hydrogen (secondary N) is 1. The van der Waals surface area contributed by atoms with Crippen molar-refractivity contribution in [1.29, 1.82) is 0 Å². The van der Waals surface area contributed by atoms with Gasteiger partial charge < -0.3 is 20.3 Å². The van der Waals surface area contributed by atoms with Gasteiger partial charge in [-0.3, -0.25) is 9.59 Å². The zero-order chi connectivity index (χ0) is 15.8. The summed E-state index contributed by atoms with van der Waals surface area (Å²) in [6, 6.07) is 4.52. The van der Waals surface area contributed by atoms with Crippen LogP contribution in [0.5, 0.6) is 5.75 Å². The maximum absolute atomic E-state index is 11.8. The standard InChI is InChI=1S/C14H15NO6/c1-2-7-21-10-5-3-9(4-6-10)13(18)15-11(14(19)20)8-12(16)17/h2-6,11H,1,7-8H2,(H,15,18)(H,16,17)(H,19,20)/t11-/m0/s1. The molecule has 21 heavy (non-hydrogen) atoms. The monoisotopic (exact) mass is 293 g/mol. The fraction of sp³-hybridized carbons (Fsp3) is 0.214. The van der Waals surface area contributed by atoms with Crippen molar-refractivity contribution < 1.29 is 29.3 Å². The molecule has 112 valence electrons. The Bertz CT molecular complexity index is 537. The van der Waals surface area contributed by atoms with Crippen molar-refractivity contribution in [2.75, 3.05) is 6.61 Å². The van der Waals surface area contributed by atoms with Crippen molar-refractivity contribution in [2.45, 2.75) is 12.5 Å². The van der Waals surface area contributed by atoms with E-state index < -0.39 is 30.3 Å². The number of carboxylic acid groups (broad SMARTS) is 2. The number of amides is 1. The molecule has 0 saturated carbocycles. The smallest absolute Gasteiger partial charge is 0.326 e. The highest BCUT2D eigenvalue weighted by molar-refractivity contribution is 5.97. The molecule has 1 aromatic rings. The molecule has 0 heterocycles. The van der Waals surface area contributed by atoms with Crippen LogP contribution in [0, 0.1) is 0 Å². The summed E-state index contributed by atoms with van der Waals surface area (Å²) in [5, 5.41) is 19.6. The van der Waals surface area contributed by atoms with Crippen LogP contribution in [0.2, 0.25) is 0 Å². The Kier molecular flexibility index (Phi) is 5.94. The van der Waals surface area contributed by atoms with Crippen LogP contribution in [-0.4, -0.2) is 40.7 Å². The van der Waals surface area contributed by atoms with E-state index >= 15 is 0 Å². The van der Waals surface area contributed by atoms with Crippen LogP contribution in [-0.2, 0) is 9.59 Å². The zero-order valence-corrected chi connectivity index (χ0v) is 11.1. The lowest BCUT2D eigenvalue weighted by atomic mass is 10.1. The van der Waals surface area contributed by atoms with Crippen LogP contribution in [0.15, 0.2) is 36.9 Å². The highest BCUT2D eigenvalue weighted by atomic mass is 16.5. The van der Waals surface area contributed by atoms with E-state index in [4.69, 9.17) is 14.9 Å².